The van der Waals surface area contributed by atoms with Crippen LogP contribution in [0.15, 0.2) is 17.1 Å². The smallest absolute Gasteiger partial charge is 0.223 e. The Morgan fingerprint density at radius 2 is 2.23 bits per heavy atom. The molecule has 1 aromatic rings. The van der Waals surface area contributed by atoms with E-state index in [2.05, 4.69) is 4.99 Å². The number of hydrogen-bond donors (Lipinski definition) is 0. The zero-order chi connectivity index (χ0) is 8.84. The summed E-state index contributed by atoms with van der Waals surface area (Å²) in [4.78, 5) is 4.09. The largest absolute Gasteiger partial charge is 0.618 e. The van der Waals surface area contributed by atoms with E-state index in [9.17, 15) is 5.21 Å². The molecule has 66 valence electrons. The van der Waals surface area contributed by atoms with E-state index < -0.39 is 0 Å². The average molecular weight is 174 g/mol. The van der Waals surface area contributed by atoms with Crippen LogP contribution in [0.5, 0.6) is 0 Å². The molecule has 1 aliphatic heterocycles. The third-order valence-corrected chi connectivity index (χ3v) is 2.71. The van der Waals surface area contributed by atoms with Gasteiger partial charge in [-0.1, -0.05) is 0 Å². The molecule has 1 fully saturated rings. The minimum absolute atomic E-state index is 0.517. The summed E-state index contributed by atoms with van der Waals surface area (Å²) in [5, 5.41) is 11.8. The van der Waals surface area contributed by atoms with Crippen molar-refractivity contribution >= 4 is 6.21 Å². The second kappa shape index (κ2) is 2.31. The fraction of sp³-hybridized carbons (Fsp3) is 0.400. The Hall–Kier alpha value is -1.38. The molecule has 2 heterocycles. The lowest BCUT2D eigenvalue weighted by molar-refractivity contribution is -0.622. The minimum atomic E-state index is 0.517. The van der Waals surface area contributed by atoms with Gasteiger partial charge in [0.05, 0.1) is 5.56 Å². The number of fused-ring (bicyclic) bond motifs is 1. The second-order valence-electron chi connectivity index (χ2n) is 3.70. The molecule has 2 aliphatic rings. The number of hydrogen-bond acceptors (Lipinski definition) is 2. The molecular weight excluding hydrogens is 164 g/mol. The molecule has 0 N–H and O–H groups in total. The van der Waals surface area contributed by atoms with Crippen molar-refractivity contribution < 1.29 is 4.73 Å². The topological polar surface area (TPSA) is 39.3 Å². The van der Waals surface area contributed by atoms with Crippen molar-refractivity contribution in [2.24, 2.45) is 4.99 Å². The van der Waals surface area contributed by atoms with Crippen LogP contribution < -0.4 is 4.73 Å². The second-order valence-corrected chi connectivity index (χ2v) is 3.70. The molecule has 0 spiro atoms. The summed E-state index contributed by atoms with van der Waals surface area (Å²) in [7, 11) is 0. The molecule has 0 unspecified atom stereocenters. The van der Waals surface area contributed by atoms with Gasteiger partial charge in [0.2, 0.25) is 5.69 Å². The van der Waals surface area contributed by atoms with Crippen molar-refractivity contribution in [3.05, 3.63) is 34.3 Å². The maximum atomic E-state index is 11.8. The maximum Gasteiger partial charge on any atom is 0.223 e. The van der Waals surface area contributed by atoms with Gasteiger partial charge in [0.1, 0.15) is 6.54 Å². The Morgan fingerprint density at radius 1 is 1.38 bits per heavy atom. The van der Waals surface area contributed by atoms with Gasteiger partial charge in [-0.15, -0.1) is 0 Å². The predicted molar refractivity (Wildman–Crippen MR) is 48.7 cm³/mol. The highest BCUT2D eigenvalue weighted by atomic mass is 16.5. The summed E-state index contributed by atoms with van der Waals surface area (Å²) in [5.74, 6) is 0.517. The Morgan fingerprint density at radius 3 is 3.00 bits per heavy atom. The summed E-state index contributed by atoms with van der Waals surface area (Å²) in [5.41, 5.74) is 2.74. The van der Waals surface area contributed by atoms with Gasteiger partial charge in [0, 0.05) is 18.2 Å². The van der Waals surface area contributed by atoms with Crippen LogP contribution in [-0.2, 0) is 6.54 Å². The standard InChI is InChI=1S/C10H10N2O/c13-12-9(7-1-2-7)4-3-8-5-11-6-10(8)12/h3-5,7H,1-2,6H2. The fourth-order valence-electron chi connectivity index (χ4n) is 1.80. The van der Waals surface area contributed by atoms with Crippen LogP contribution in [0.1, 0.15) is 35.7 Å². The minimum Gasteiger partial charge on any atom is -0.618 e. The Labute approximate surface area is 76.3 Å². The Kier molecular flexibility index (Phi) is 1.26. The number of rotatable bonds is 1. The maximum absolute atomic E-state index is 11.8. The molecule has 0 amide bonds. The predicted octanol–water partition coefficient (Wildman–Crippen LogP) is 1.13. The molecule has 3 nitrogen and oxygen atoms in total. The van der Waals surface area contributed by atoms with E-state index in [1.54, 1.807) is 6.21 Å². The molecule has 0 atom stereocenters. The van der Waals surface area contributed by atoms with Crippen molar-refractivity contribution in [2.45, 2.75) is 25.3 Å². The zero-order valence-corrected chi connectivity index (χ0v) is 7.23. The van der Waals surface area contributed by atoms with Crippen LogP contribution >= 0.6 is 0 Å². The van der Waals surface area contributed by atoms with Gasteiger partial charge in [-0.25, -0.2) is 0 Å². The molecule has 3 rings (SSSR count). The van der Waals surface area contributed by atoms with Gasteiger partial charge in [-0.2, -0.15) is 4.73 Å². The van der Waals surface area contributed by atoms with Crippen LogP contribution in [-0.4, -0.2) is 6.21 Å². The van der Waals surface area contributed by atoms with Crippen molar-refractivity contribution in [2.75, 3.05) is 0 Å². The van der Waals surface area contributed by atoms with Crippen LogP contribution in [0.2, 0.25) is 0 Å². The van der Waals surface area contributed by atoms with Gasteiger partial charge in [0.15, 0.2) is 5.69 Å². The van der Waals surface area contributed by atoms with E-state index in [0.29, 0.717) is 12.5 Å². The van der Waals surface area contributed by atoms with E-state index >= 15 is 0 Å². The molecule has 3 heteroatoms. The lowest BCUT2D eigenvalue weighted by Gasteiger charge is -2.06. The van der Waals surface area contributed by atoms with Gasteiger partial charge in [-0.05, 0) is 18.9 Å². The lowest BCUT2D eigenvalue weighted by atomic mass is 10.1. The molecule has 0 aromatic carbocycles. The molecule has 0 radical (unpaired) electrons. The fourth-order valence-corrected chi connectivity index (χ4v) is 1.80. The van der Waals surface area contributed by atoms with E-state index in [1.807, 2.05) is 12.1 Å². The lowest BCUT2D eigenvalue weighted by Crippen LogP contribution is -2.36. The van der Waals surface area contributed by atoms with Crippen molar-refractivity contribution in [1.82, 2.24) is 0 Å². The monoisotopic (exact) mass is 174 g/mol. The number of nitrogens with zero attached hydrogens (tertiary/aromatic N) is 2. The van der Waals surface area contributed by atoms with E-state index in [4.69, 9.17) is 0 Å². The SMILES string of the molecule is [O-][n+]1c(C2CC2)ccc2c1CN=C2. The number of pyridine rings is 1. The normalized spacial score (nSPS) is 19.1. The molecule has 1 aliphatic carbocycles. The van der Waals surface area contributed by atoms with Crippen molar-refractivity contribution in [3.63, 3.8) is 0 Å². The summed E-state index contributed by atoms with van der Waals surface area (Å²) < 4.78 is 1.08. The van der Waals surface area contributed by atoms with Crippen LogP contribution in [0.4, 0.5) is 0 Å². The number of aliphatic imine (C=N–C) groups is 1. The summed E-state index contributed by atoms with van der Waals surface area (Å²) in [6.45, 7) is 0.555. The average Bonchev–Trinajstić information content (AvgIpc) is 2.83. The highest BCUT2D eigenvalue weighted by Gasteiger charge is 2.32. The first kappa shape index (κ1) is 7.06. The molecule has 0 bridgehead atoms. The third-order valence-electron chi connectivity index (χ3n) is 2.71. The first-order valence-electron chi connectivity index (χ1n) is 4.61. The van der Waals surface area contributed by atoms with Gasteiger partial charge in [-0.3, -0.25) is 4.99 Å². The van der Waals surface area contributed by atoms with Crippen molar-refractivity contribution in [1.29, 1.82) is 0 Å². The van der Waals surface area contributed by atoms with Crippen LogP contribution in [0.3, 0.4) is 0 Å². The quantitative estimate of drug-likeness (QED) is 0.464. The van der Waals surface area contributed by atoms with Gasteiger partial charge in [0.25, 0.3) is 0 Å². The van der Waals surface area contributed by atoms with Gasteiger partial charge < -0.3 is 5.21 Å². The number of aromatic nitrogens is 1. The highest BCUT2D eigenvalue weighted by Crippen LogP contribution is 2.38. The summed E-state index contributed by atoms with van der Waals surface area (Å²) in [6, 6.07) is 3.95. The molecule has 1 saturated carbocycles. The first-order valence-corrected chi connectivity index (χ1v) is 4.61. The molecule has 1 aromatic heterocycles. The Bertz CT molecular complexity index is 394. The Balaban J connectivity index is 2.15. The van der Waals surface area contributed by atoms with E-state index in [-0.39, 0.29) is 0 Å². The first-order chi connectivity index (χ1) is 6.36. The van der Waals surface area contributed by atoms with Crippen LogP contribution in [0.25, 0.3) is 0 Å². The van der Waals surface area contributed by atoms with E-state index in [0.717, 1.165) is 21.7 Å². The van der Waals surface area contributed by atoms with Gasteiger partial charge >= 0.3 is 0 Å². The van der Waals surface area contributed by atoms with E-state index in [1.165, 1.54) is 12.8 Å². The molecule has 13 heavy (non-hydrogen) atoms. The highest BCUT2D eigenvalue weighted by molar-refractivity contribution is 5.82. The zero-order valence-electron chi connectivity index (χ0n) is 7.23. The summed E-state index contributed by atoms with van der Waals surface area (Å²) >= 11 is 0. The molecular formula is C10H10N2O. The third kappa shape index (κ3) is 0.963. The molecule has 0 saturated heterocycles. The summed E-state index contributed by atoms with van der Waals surface area (Å²) in [6.07, 6.45) is 4.12. The van der Waals surface area contributed by atoms with Crippen LogP contribution in [0, 0.1) is 5.21 Å². The van der Waals surface area contributed by atoms with Crippen molar-refractivity contribution in [3.8, 4) is 0 Å².